The molecule has 2 unspecified atom stereocenters. The lowest BCUT2D eigenvalue weighted by molar-refractivity contribution is 0.403. The molecule has 0 aliphatic carbocycles. The molecule has 2 N–H and O–H groups in total. The molecule has 1 aromatic heterocycles. The van der Waals surface area contributed by atoms with Crippen molar-refractivity contribution in [2.45, 2.75) is 38.4 Å². The number of thioether (sulfide) groups is 1. The van der Waals surface area contributed by atoms with Crippen molar-refractivity contribution in [2.24, 2.45) is 13.0 Å². The first-order valence-corrected chi connectivity index (χ1v) is 7.06. The zero-order chi connectivity index (χ0) is 12.8. The lowest BCUT2D eigenvalue weighted by Gasteiger charge is -2.23. The van der Waals surface area contributed by atoms with Crippen LogP contribution in [0, 0.1) is 5.92 Å². The summed E-state index contributed by atoms with van der Waals surface area (Å²) in [7, 11) is 1.74. The van der Waals surface area contributed by atoms with Crippen LogP contribution in [-0.4, -0.2) is 33.1 Å². The molecule has 0 fully saturated rings. The van der Waals surface area contributed by atoms with E-state index in [0.29, 0.717) is 12.0 Å². The van der Waals surface area contributed by atoms with E-state index in [9.17, 15) is 4.79 Å². The van der Waals surface area contributed by atoms with Crippen LogP contribution in [0.2, 0.25) is 0 Å². The van der Waals surface area contributed by atoms with E-state index in [2.05, 4.69) is 36.3 Å². The van der Waals surface area contributed by atoms with Crippen molar-refractivity contribution < 1.29 is 0 Å². The molecule has 1 aromatic rings. The minimum absolute atomic E-state index is 0.156. The topological polar surface area (TPSA) is 62.7 Å². The number of aromatic nitrogens is 3. The maximum absolute atomic E-state index is 11.2. The first kappa shape index (κ1) is 14.3. The number of nitrogens with zero attached hydrogens (tertiary/aromatic N) is 2. The van der Waals surface area contributed by atoms with Gasteiger partial charge < -0.3 is 5.32 Å². The van der Waals surface area contributed by atoms with Crippen LogP contribution >= 0.6 is 11.8 Å². The molecule has 0 bridgehead atoms. The molecule has 0 aliphatic heterocycles. The molecule has 98 valence electrons. The van der Waals surface area contributed by atoms with Crippen LogP contribution in [0.5, 0.6) is 0 Å². The summed E-state index contributed by atoms with van der Waals surface area (Å²) in [6.07, 6.45) is 1.15. The van der Waals surface area contributed by atoms with Crippen molar-refractivity contribution in [1.29, 1.82) is 0 Å². The summed E-state index contributed by atoms with van der Waals surface area (Å²) in [5, 5.41) is 10.7. The lowest BCUT2D eigenvalue weighted by atomic mass is 10.0. The average Bonchev–Trinajstić information content (AvgIpc) is 2.65. The van der Waals surface area contributed by atoms with E-state index in [-0.39, 0.29) is 5.69 Å². The molecule has 0 saturated heterocycles. The van der Waals surface area contributed by atoms with Crippen LogP contribution in [0.4, 0.5) is 0 Å². The zero-order valence-electron chi connectivity index (χ0n) is 11.0. The molecule has 1 rings (SSSR count). The Balaban J connectivity index is 2.57. The molecule has 0 saturated carbocycles. The second-order valence-electron chi connectivity index (χ2n) is 4.23. The minimum atomic E-state index is -0.156. The Labute approximate surface area is 106 Å². The molecular formula is C11H22N4OS. The summed E-state index contributed by atoms with van der Waals surface area (Å²) in [6.45, 7) is 7.53. The third-order valence-corrected chi connectivity index (χ3v) is 4.18. The number of hydrogen-bond donors (Lipinski definition) is 2. The molecule has 2 atom stereocenters. The molecular weight excluding hydrogens is 236 g/mol. The normalized spacial score (nSPS) is 14.8. The fraction of sp³-hybridized carbons (Fsp3) is 0.818. The second kappa shape index (κ2) is 6.86. The maximum Gasteiger partial charge on any atom is 0.343 e. The van der Waals surface area contributed by atoms with Crippen LogP contribution in [0.25, 0.3) is 0 Å². The van der Waals surface area contributed by atoms with E-state index < -0.39 is 0 Å². The van der Waals surface area contributed by atoms with Crippen LogP contribution < -0.4 is 11.0 Å². The highest BCUT2D eigenvalue weighted by Crippen LogP contribution is 2.18. The summed E-state index contributed by atoms with van der Waals surface area (Å²) < 4.78 is 1.55. The quantitative estimate of drug-likeness (QED) is 0.722. The Bertz CT molecular complexity index is 387. The average molecular weight is 258 g/mol. The molecule has 0 aliphatic rings. The molecule has 6 heteroatoms. The Kier molecular flexibility index (Phi) is 5.77. The van der Waals surface area contributed by atoms with Gasteiger partial charge in [-0.25, -0.2) is 9.89 Å². The summed E-state index contributed by atoms with van der Waals surface area (Å²) in [4.78, 5) is 11.2. The largest absolute Gasteiger partial charge is 0.343 e. The number of H-pyrrole nitrogens is 1. The highest BCUT2D eigenvalue weighted by molar-refractivity contribution is 7.99. The minimum Gasteiger partial charge on any atom is -0.313 e. The third-order valence-electron chi connectivity index (χ3n) is 3.03. The van der Waals surface area contributed by atoms with Crippen LogP contribution in [0.15, 0.2) is 9.95 Å². The molecule has 0 radical (unpaired) electrons. The van der Waals surface area contributed by atoms with Crippen LogP contribution in [0.3, 0.4) is 0 Å². The SMILES string of the molecule is CCNC(CSc1n[nH]c(=O)n1C)C(C)CC. The van der Waals surface area contributed by atoms with Crippen molar-refractivity contribution in [3.05, 3.63) is 10.5 Å². The fourth-order valence-corrected chi connectivity index (χ4v) is 2.76. The van der Waals surface area contributed by atoms with Gasteiger partial charge in [-0.05, 0) is 12.5 Å². The molecule has 5 nitrogen and oxygen atoms in total. The maximum atomic E-state index is 11.2. The Hall–Kier alpha value is -0.750. The first-order chi connectivity index (χ1) is 8.10. The summed E-state index contributed by atoms with van der Waals surface area (Å²) in [5.41, 5.74) is -0.156. The number of nitrogens with one attached hydrogen (secondary N) is 2. The molecule has 0 amide bonds. The standard InChI is InChI=1S/C11H22N4OS/c1-5-8(3)9(12-6-2)7-17-11-14-13-10(16)15(11)4/h8-9,12H,5-7H2,1-4H3,(H,13,16). The van der Waals surface area contributed by atoms with E-state index in [0.717, 1.165) is 23.9 Å². The number of aromatic amines is 1. The van der Waals surface area contributed by atoms with Gasteiger partial charge in [0.15, 0.2) is 5.16 Å². The van der Waals surface area contributed by atoms with Crippen molar-refractivity contribution in [2.75, 3.05) is 12.3 Å². The molecule has 17 heavy (non-hydrogen) atoms. The van der Waals surface area contributed by atoms with Gasteiger partial charge in [0.05, 0.1) is 0 Å². The van der Waals surface area contributed by atoms with E-state index in [1.165, 1.54) is 0 Å². The van der Waals surface area contributed by atoms with Gasteiger partial charge in [-0.2, -0.15) is 0 Å². The van der Waals surface area contributed by atoms with Gasteiger partial charge in [0.25, 0.3) is 0 Å². The van der Waals surface area contributed by atoms with Crippen molar-refractivity contribution >= 4 is 11.8 Å². The Morgan fingerprint density at radius 2 is 2.24 bits per heavy atom. The smallest absolute Gasteiger partial charge is 0.313 e. The lowest BCUT2D eigenvalue weighted by Crippen LogP contribution is -2.36. The van der Waals surface area contributed by atoms with Gasteiger partial charge in [0.2, 0.25) is 0 Å². The molecule has 1 heterocycles. The van der Waals surface area contributed by atoms with Crippen molar-refractivity contribution in [1.82, 2.24) is 20.1 Å². The predicted molar refractivity (Wildman–Crippen MR) is 71.5 cm³/mol. The van der Waals surface area contributed by atoms with E-state index >= 15 is 0 Å². The highest BCUT2D eigenvalue weighted by Gasteiger charge is 2.16. The van der Waals surface area contributed by atoms with Gasteiger partial charge in [-0.15, -0.1) is 5.10 Å². The van der Waals surface area contributed by atoms with Gasteiger partial charge in [-0.1, -0.05) is 39.0 Å². The van der Waals surface area contributed by atoms with E-state index in [1.807, 2.05) is 0 Å². The molecule has 0 spiro atoms. The van der Waals surface area contributed by atoms with Gasteiger partial charge >= 0.3 is 5.69 Å². The summed E-state index contributed by atoms with van der Waals surface area (Å²) in [5.74, 6) is 1.56. The van der Waals surface area contributed by atoms with Gasteiger partial charge in [0.1, 0.15) is 0 Å². The zero-order valence-corrected chi connectivity index (χ0v) is 11.8. The Morgan fingerprint density at radius 3 is 2.71 bits per heavy atom. The second-order valence-corrected chi connectivity index (χ2v) is 5.22. The third kappa shape index (κ3) is 3.89. The van der Waals surface area contributed by atoms with Crippen LogP contribution in [-0.2, 0) is 7.05 Å². The fourth-order valence-electron chi connectivity index (χ4n) is 1.60. The first-order valence-electron chi connectivity index (χ1n) is 6.07. The molecule has 0 aromatic carbocycles. The van der Waals surface area contributed by atoms with E-state index in [4.69, 9.17) is 0 Å². The monoisotopic (exact) mass is 258 g/mol. The number of hydrogen-bond acceptors (Lipinski definition) is 4. The van der Waals surface area contributed by atoms with Gasteiger partial charge in [0, 0.05) is 18.8 Å². The Morgan fingerprint density at radius 1 is 1.53 bits per heavy atom. The summed E-state index contributed by atoms with van der Waals surface area (Å²) >= 11 is 1.62. The van der Waals surface area contributed by atoms with Crippen LogP contribution in [0.1, 0.15) is 27.2 Å². The predicted octanol–water partition coefficient (Wildman–Crippen LogP) is 1.22. The van der Waals surface area contributed by atoms with Crippen molar-refractivity contribution in [3.63, 3.8) is 0 Å². The summed E-state index contributed by atoms with van der Waals surface area (Å²) in [6, 6.07) is 0.460. The van der Waals surface area contributed by atoms with E-state index in [1.54, 1.807) is 23.4 Å². The van der Waals surface area contributed by atoms with Crippen molar-refractivity contribution in [3.8, 4) is 0 Å². The highest BCUT2D eigenvalue weighted by atomic mass is 32.2. The van der Waals surface area contributed by atoms with Gasteiger partial charge in [-0.3, -0.25) is 4.57 Å². The number of rotatable bonds is 7.